The van der Waals surface area contributed by atoms with Gasteiger partial charge in [0.15, 0.2) is 0 Å². The third-order valence-electron chi connectivity index (χ3n) is 6.57. The number of hydrogen-bond acceptors (Lipinski definition) is 6. The van der Waals surface area contributed by atoms with Gasteiger partial charge in [-0.05, 0) is 53.8 Å². The second kappa shape index (κ2) is 9.24. The Morgan fingerprint density at radius 3 is 2.94 bits per heavy atom. The molecule has 1 fully saturated rings. The summed E-state index contributed by atoms with van der Waals surface area (Å²) in [6.07, 6.45) is 2.38. The number of ether oxygens (including phenoxy) is 2. The standard InChI is InChI=1S/C28H27N3O3S/c1-18-11-23(35-17-18)15-30-21-5-6-25-20(13-21)12-19-3-2-4-24(28(19)34-25)26-16-31(9-10-33-26)22-7-8-29-27(32)14-22/h2-8,11,13-14,17,26,30H,9-10,12,15-16H2,1H3,(H,29,32). The first kappa shape index (κ1) is 21.9. The Morgan fingerprint density at radius 2 is 2.09 bits per heavy atom. The van der Waals surface area contributed by atoms with Crippen LogP contribution in [0.2, 0.25) is 0 Å². The first-order valence-electron chi connectivity index (χ1n) is 11.9. The molecule has 7 heteroatoms. The van der Waals surface area contributed by atoms with Crippen molar-refractivity contribution in [1.82, 2.24) is 4.98 Å². The number of pyridine rings is 1. The van der Waals surface area contributed by atoms with Gasteiger partial charge in [-0.2, -0.15) is 0 Å². The highest BCUT2D eigenvalue weighted by Gasteiger charge is 2.28. The number of rotatable bonds is 5. The molecule has 1 atom stereocenters. The highest BCUT2D eigenvalue weighted by Crippen LogP contribution is 2.43. The molecule has 6 rings (SSSR count). The molecule has 2 N–H and O–H groups in total. The summed E-state index contributed by atoms with van der Waals surface area (Å²) in [6.45, 7) is 4.96. The summed E-state index contributed by atoms with van der Waals surface area (Å²) in [5, 5.41) is 5.72. The number of thiophene rings is 1. The van der Waals surface area contributed by atoms with E-state index in [0.717, 1.165) is 53.5 Å². The zero-order chi connectivity index (χ0) is 23.8. The number of morpholine rings is 1. The predicted molar refractivity (Wildman–Crippen MR) is 140 cm³/mol. The minimum Gasteiger partial charge on any atom is -0.456 e. The van der Waals surface area contributed by atoms with Crippen molar-refractivity contribution in [3.8, 4) is 11.5 Å². The third-order valence-corrected chi connectivity index (χ3v) is 7.62. The molecule has 35 heavy (non-hydrogen) atoms. The molecular formula is C28H27N3O3S. The van der Waals surface area contributed by atoms with E-state index in [-0.39, 0.29) is 11.7 Å². The van der Waals surface area contributed by atoms with Gasteiger partial charge < -0.3 is 24.7 Å². The lowest BCUT2D eigenvalue weighted by molar-refractivity contribution is 0.0384. The topological polar surface area (TPSA) is 66.6 Å². The van der Waals surface area contributed by atoms with Crippen LogP contribution < -0.4 is 20.5 Å². The third kappa shape index (κ3) is 4.57. The van der Waals surface area contributed by atoms with Gasteiger partial charge in [-0.1, -0.05) is 18.2 Å². The van der Waals surface area contributed by atoms with Gasteiger partial charge in [-0.3, -0.25) is 4.79 Å². The zero-order valence-electron chi connectivity index (χ0n) is 19.5. The van der Waals surface area contributed by atoms with Crippen LogP contribution in [0.5, 0.6) is 11.5 Å². The molecule has 0 spiro atoms. The van der Waals surface area contributed by atoms with Crippen LogP contribution >= 0.6 is 11.3 Å². The van der Waals surface area contributed by atoms with Crippen LogP contribution in [0.3, 0.4) is 0 Å². The zero-order valence-corrected chi connectivity index (χ0v) is 20.4. The van der Waals surface area contributed by atoms with Gasteiger partial charge in [0.05, 0.1) is 6.61 Å². The number of anilines is 2. The first-order chi connectivity index (χ1) is 17.1. The van der Waals surface area contributed by atoms with Crippen LogP contribution in [-0.4, -0.2) is 24.7 Å². The van der Waals surface area contributed by atoms with Gasteiger partial charge >= 0.3 is 0 Å². The van der Waals surface area contributed by atoms with Crippen molar-refractivity contribution in [3.63, 3.8) is 0 Å². The summed E-state index contributed by atoms with van der Waals surface area (Å²) in [4.78, 5) is 18.0. The van der Waals surface area contributed by atoms with Crippen molar-refractivity contribution < 1.29 is 9.47 Å². The van der Waals surface area contributed by atoms with Crippen molar-refractivity contribution in [2.24, 2.45) is 0 Å². The van der Waals surface area contributed by atoms with Crippen LogP contribution in [0.1, 0.15) is 33.2 Å². The largest absolute Gasteiger partial charge is 0.456 e. The van der Waals surface area contributed by atoms with E-state index in [1.165, 1.54) is 16.0 Å². The van der Waals surface area contributed by atoms with E-state index in [1.54, 1.807) is 23.6 Å². The van der Waals surface area contributed by atoms with Gasteiger partial charge in [0.25, 0.3) is 0 Å². The fourth-order valence-electron chi connectivity index (χ4n) is 4.84. The Bertz CT molecular complexity index is 1430. The molecular weight excluding hydrogens is 458 g/mol. The van der Waals surface area contributed by atoms with Crippen LogP contribution in [0, 0.1) is 6.92 Å². The summed E-state index contributed by atoms with van der Waals surface area (Å²) in [7, 11) is 0. The summed E-state index contributed by atoms with van der Waals surface area (Å²) >= 11 is 1.78. The summed E-state index contributed by atoms with van der Waals surface area (Å²) in [5.41, 5.74) is 6.62. The number of hydrogen-bond donors (Lipinski definition) is 2. The number of benzene rings is 2. The van der Waals surface area contributed by atoms with Crippen molar-refractivity contribution in [1.29, 1.82) is 0 Å². The van der Waals surface area contributed by atoms with Crippen LogP contribution in [0.15, 0.2) is 71.0 Å². The van der Waals surface area contributed by atoms with Gasteiger partial charge in [0, 0.05) is 65.7 Å². The average molecular weight is 486 g/mol. The number of aromatic nitrogens is 1. The number of nitrogens with one attached hydrogen (secondary N) is 2. The maximum atomic E-state index is 11.8. The SMILES string of the molecule is Cc1csc(CNc2ccc3c(c2)Cc2cccc(C4CN(c5cc[nH]c(=O)c5)CCO4)c2O3)c1. The maximum Gasteiger partial charge on any atom is 0.249 e. The molecule has 0 aliphatic carbocycles. The minimum absolute atomic E-state index is 0.0954. The number of aromatic amines is 1. The average Bonchev–Trinajstić information content (AvgIpc) is 3.31. The number of aryl methyl sites for hydroxylation is 1. The van der Waals surface area contributed by atoms with Crippen molar-refractivity contribution in [2.45, 2.75) is 26.0 Å². The molecule has 0 amide bonds. The maximum absolute atomic E-state index is 11.8. The lowest BCUT2D eigenvalue weighted by Gasteiger charge is -2.36. The summed E-state index contributed by atoms with van der Waals surface area (Å²) in [6, 6.07) is 18.4. The van der Waals surface area contributed by atoms with Crippen molar-refractivity contribution in [3.05, 3.63) is 104 Å². The van der Waals surface area contributed by atoms with E-state index in [9.17, 15) is 4.79 Å². The van der Waals surface area contributed by atoms with Gasteiger partial charge in [-0.25, -0.2) is 0 Å². The number of nitrogens with zero attached hydrogens (tertiary/aromatic N) is 1. The molecule has 1 unspecified atom stereocenters. The Hall–Kier alpha value is -3.55. The molecule has 2 aromatic carbocycles. The molecule has 0 bridgehead atoms. The molecule has 0 saturated carbocycles. The fourth-order valence-corrected chi connectivity index (χ4v) is 5.65. The second-order valence-corrected chi connectivity index (χ2v) is 10.1. The Morgan fingerprint density at radius 1 is 1.14 bits per heavy atom. The van der Waals surface area contributed by atoms with Crippen molar-refractivity contribution >= 4 is 22.7 Å². The lowest BCUT2D eigenvalue weighted by atomic mass is 9.95. The molecule has 2 aliphatic rings. The van der Waals surface area contributed by atoms with E-state index in [2.05, 4.69) is 70.0 Å². The molecule has 1 saturated heterocycles. The molecule has 6 nitrogen and oxygen atoms in total. The Kier molecular flexibility index (Phi) is 5.80. The first-order valence-corrected chi connectivity index (χ1v) is 12.8. The van der Waals surface area contributed by atoms with E-state index in [4.69, 9.17) is 9.47 Å². The Labute approximate surface area is 208 Å². The van der Waals surface area contributed by atoms with Crippen molar-refractivity contribution in [2.75, 3.05) is 29.9 Å². The van der Waals surface area contributed by atoms with Gasteiger partial charge in [-0.15, -0.1) is 11.3 Å². The summed E-state index contributed by atoms with van der Waals surface area (Å²) in [5.74, 6) is 1.79. The highest BCUT2D eigenvalue weighted by atomic mass is 32.1. The van der Waals surface area contributed by atoms with Crippen LogP contribution in [0.25, 0.3) is 0 Å². The second-order valence-electron chi connectivity index (χ2n) is 9.10. The van der Waals surface area contributed by atoms with E-state index >= 15 is 0 Å². The lowest BCUT2D eigenvalue weighted by Crippen LogP contribution is -2.39. The fraction of sp³-hybridized carbons (Fsp3) is 0.250. The predicted octanol–water partition coefficient (Wildman–Crippen LogP) is 5.63. The minimum atomic E-state index is -0.130. The normalized spacial score (nSPS) is 16.8. The van der Waals surface area contributed by atoms with E-state index in [1.807, 2.05) is 6.07 Å². The summed E-state index contributed by atoms with van der Waals surface area (Å²) < 4.78 is 12.6. The number of para-hydroxylation sites is 1. The number of fused-ring (bicyclic) bond motifs is 2. The molecule has 0 radical (unpaired) electrons. The molecule has 2 aromatic heterocycles. The number of H-pyrrole nitrogens is 1. The molecule has 4 aromatic rings. The van der Waals surface area contributed by atoms with Gasteiger partial charge in [0.2, 0.25) is 5.56 Å². The van der Waals surface area contributed by atoms with E-state index < -0.39 is 0 Å². The van der Waals surface area contributed by atoms with Gasteiger partial charge in [0.1, 0.15) is 17.6 Å². The quantitative estimate of drug-likeness (QED) is 0.338. The Balaban J connectivity index is 1.21. The molecule has 4 heterocycles. The smallest absolute Gasteiger partial charge is 0.249 e. The molecule has 178 valence electrons. The molecule has 2 aliphatic heterocycles. The highest BCUT2D eigenvalue weighted by molar-refractivity contribution is 7.10. The van der Waals surface area contributed by atoms with Crippen LogP contribution in [-0.2, 0) is 17.7 Å². The monoisotopic (exact) mass is 485 g/mol. The van der Waals surface area contributed by atoms with Crippen LogP contribution in [0.4, 0.5) is 11.4 Å². The van der Waals surface area contributed by atoms with E-state index in [0.29, 0.717) is 13.2 Å².